The number of alkyl halides is 1. The van der Waals surface area contributed by atoms with E-state index in [-0.39, 0.29) is 22.5 Å². The summed E-state index contributed by atoms with van der Waals surface area (Å²) in [5.41, 5.74) is 8.22. The molecule has 5 atom stereocenters. The molecule has 1 saturated heterocycles. The van der Waals surface area contributed by atoms with Crippen LogP contribution in [0.15, 0.2) is 35.1 Å². The Kier molecular flexibility index (Phi) is 9.94. The van der Waals surface area contributed by atoms with Gasteiger partial charge >= 0.3 is 5.97 Å². The lowest BCUT2D eigenvalue weighted by molar-refractivity contribution is -0.251. The summed E-state index contributed by atoms with van der Waals surface area (Å²) in [5, 5.41) is 36.5. The predicted molar refractivity (Wildman–Crippen MR) is 129 cm³/mol. The van der Waals surface area contributed by atoms with Gasteiger partial charge in [0, 0.05) is 4.91 Å². The number of esters is 1. The molecule has 1 fully saturated rings. The molecule has 1 heterocycles. The van der Waals surface area contributed by atoms with Gasteiger partial charge in [0.25, 0.3) is 0 Å². The van der Waals surface area contributed by atoms with Crippen LogP contribution in [0.2, 0.25) is 0 Å². The zero-order chi connectivity index (χ0) is 25.5. The van der Waals surface area contributed by atoms with Crippen molar-refractivity contribution < 1.29 is 39.1 Å². The lowest BCUT2D eigenvalue weighted by atomic mass is 9.96. The van der Waals surface area contributed by atoms with Crippen LogP contribution in [0, 0.1) is 0 Å². The van der Waals surface area contributed by atoms with Crippen molar-refractivity contribution in [3.63, 3.8) is 0 Å². The Balaban J connectivity index is 2.44. The molecular weight excluding hydrogens is 563 g/mol. The zero-order valence-corrected chi connectivity index (χ0v) is 20.9. The van der Waals surface area contributed by atoms with Crippen molar-refractivity contribution in [2.45, 2.75) is 57.0 Å². The molecule has 0 saturated carbocycles. The Bertz CT molecular complexity index is 943. The first-order valence-corrected chi connectivity index (χ1v) is 11.8. The average Bonchev–Trinajstić information content (AvgIpc) is 2.77. The van der Waals surface area contributed by atoms with Crippen LogP contribution in [-0.4, -0.2) is 74.4 Å². The number of phenolic OH excluding ortho intramolecular Hbond substituents is 1. The van der Waals surface area contributed by atoms with Gasteiger partial charge in [-0.2, -0.15) is 0 Å². The fourth-order valence-electron chi connectivity index (χ4n) is 2.99. The Morgan fingerprint density at radius 3 is 2.47 bits per heavy atom. The molecule has 4 N–H and O–H groups in total. The number of rotatable bonds is 8. The van der Waals surface area contributed by atoms with Gasteiger partial charge in [0.05, 0.1) is 17.1 Å². The van der Waals surface area contributed by atoms with E-state index in [1.807, 2.05) is 22.6 Å². The first kappa shape index (κ1) is 27.7. The van der Waals surface area contributed by atoms with Gasteiger partial charge in [-0.25, -0.2) is 4.79 Å². The summed E-state index contributed by atoms with van der Waals surface area (Å²) in [6, 6.07) is 4.63. The maximum Gasteiger partial charge on any atom is 0.374 e. The van der Waals surface area contributed by atoms with E-state index in [1.54, 1.807) is 20.8 Å². The maximum atomic E-state index is 12.9. The van der Waals surface area contributed by atoms with Crippen LogP contribution in [0.1, 0.15) is 26.3 Å². The van der Waals surface area contributed by atoms with Crippen molar-refractivity contribution in [1.82, 2.24) is 5.32 Å². The summed E-state index contributed by atoms with van der Waals surface area (Å²) < 4.78 is 17.0. The number of hydrogen-bond acceptors (Lipinski definition) is 9. The highest BCUT2D eigenvalue weighted by molar-refractivity contribution is 14.1. The van der Waals surface area contributed by atoms with E-state index in [0.717, 1.165) is 0 Å². The molecule has 0 radical (unpaired) electrons. The molecule has 1 aromatic rings. The third kappa shape index (κ3) is 8.02. The largest absolute Gasteiger partial charge is 0.508 e. The topological polar surface area (TPSA) is 183 Å². The number of halogens is 1. The molecule has 1 aliphatic rings. The maximum absolute atomic E-state index is 12.9. The van der Waals surface area contributed by atoms with Gasteiger partial charge in [0.2, 0.25) is 18.0 Å². The molecule has 1 amide bonds. The van der Waals surface area contributed by atoms with Crippen LogP contribution < -0.4 is 5.32 Å². The van der Waals surface area contributed by atoms with E-state index in [1.165, 1.54) is 30.3 Å². The van der Waals surface area contributed by atoms with E-state index in [0.29, 0.717) is 5.56 Å². The quantitative estimate of drug-likeness (QED) is 0.0516. The summed E-state index contributed by atoms with van der Waals surface area (Å²) >= 11 is 1.82. The molecule has 12 nitrogen and oxygen atoms in total. The number of aliphatic hydroxyl groups excluding tert-OH is 2. The number of azide groups is 1. The Labute approximate surface area is 209 Å². The summed E-state index contributed by atoms with van der Waals surface area (Å²) in [7, 11) is 0. The number of hydrogen-bond donors (Lipinski definition) is 4. The molecule has 0 aliphatic carbocycles. The molecule has 2 rings (SSSR count). The normalized spacial score (nSPS) is 25.1. The molecule has 186 valence electrons. The number of nitrogens with one attached hydrogen (secondary N) is 1. The standard InChI is InChI=1S/C21H27IN4O8/c1-21(2,3)34-19(31)13(8-11-4-6-12(27)7-5-11)32-20-16(25-15(28)9-22)18(30)17(29)14(33-20)10-24-26-23/h4-8,14,16-18,20,27,29-30H,9-10H2,1-3H3,(H,25,28)/b13-8-/t14-,16-,17+,18-,20-/m1/s1. The highest BCUT2D eigenvalue weighted by Crippen LogP contribution is 2.26. The van der Waals surface area contributed by atoms with Gasteiger partial charge in [0.15, 0.2) is 0 Å². The Morgan fingerprint density at radius 1 is 1.26 bits per heavy atom. The van der Waals surface area contributed by atoms with E-state index < -0.39 is 48.1 Å². The summed E-state index contributed by atoms with van der Waals surface area (Å²) in [4.78, 5) is 27.6. The van der Waals surface area contributed by atoms with Crippen LogP contribution in [0.4, 0.5) is 0 Å². The predicted octanol–water partition coefficient (Wildman–Crippen LogP) is 1.77. The number of carbonyl (C=O) groups excluding carboxylic acids is 2. The van der Waals surface area contributed by atoms with E-state index in [4.69, 9.17) is 19.7 Å². The lowest BCUT2D eigenvalue weighted by Crippen LogP contribution is -2.64. The number of phenols is 1. The first-order chi connectivity index (χ1) is 15.9. The molecule has 34 heavy (non-hydrogen) atoms. The van der Waals surface area contributed by atoms with Gasteiger partial charge in [-0.3, -0.25) is 4.79 Å². The van der Waals surface area contributed by atoms with Gasteiger partial charge < -0.3 is 34.8 Å². The molecule has 13 heteroatoms. The third-order valence-corrected chi connectivity index (χ3v) is 5.20. The number of amides is 1. The van der Waals surface area contributed by atoms with Crippen molar-refractivity contribution in [3.8, 4) is 5.75 Å². The smallest absolute Gasteiger partial charge is 0.374 e. The van der Waals surface area contributed by atoms with Crippen molar-refractivity contribution in [1.29, 1.82) is 0 Å². The minimum Gasteiger partial charge on any atom is -0.508 e. The van der Waals surface area contributed by atoms with Gasteiger partial charge in [0.1, 0.15) is 29.6 Å². The SMILES string of the molecule is CC(C)(C)OC(=O)/C(=C/c1ccc(O)cc1)O[C@@H]1O[C@H](CN=[N+]=[N-])[C@H](O)[C@H](O)[C@H]1NC(=O)CI. The molecule has 1 aromatic carbocycles. The van der Waals surface area contributed by atoms with Crippen LogP contribution in [0.25, 0.3) is 16.5 Å². The zero-order valence-electron chi connectivity index (χ0n) is 18.8. The minimum absolute atomic E-state index is 0.0204. The third-order valence-electron chi connectivity index (χ3n) is 4.51. The number of benzene rings is 1. The molecule has 1 aliphatic heterocycles. The fraction of sp³-hybridized carbons (Fsp3) is 0.524. The number of ether oxygens (including phenoxy) is 3. The monoisotopic (exact) mass is 590 g/mol. The second kappa shape index (κ2) is 12.2. The molecule has 0 spiro atoms. The number of aromatic hydroxyl groups is 1. The minimum atomic E-state index is -1.56. The second-order valence-corrected chi connectivity index (χ2v) is 9.15. The van der Waals surface area contributed by atoms with Crippen LogP contribution >= 0.6 is 22.6 Å². The van der Waals surface area contributed by atoms with Crippen LogP contribution in [-0.2, 0) is 23.8 Å². The van der Waals surface area contributed by atoms with E-state index in [9.17, 15) is 24.9 Å². The summed E-state index contributed by atoms with van der Waals surface area (Å²) in [6.07, 6.45) is -4.33. The highest BCUT2D eigenvalue weighted by Gasteiger charge is 2.47. The molecular formula is C21H27IN4O8. The van der Waals surface area contributed by atoms with Crippen molar-refractivity contribution in [2.75, 3.05) is 11.0 Å². The van der Waals surface area contributed by atoms with E-state index in [2.05, 4.69) is 15.3 Å². The number of nitrogens with zero attached hydrogens (tertiary/aromatic N) is 3. The molecule has 0 bridgehead atoms. The van der Waals surface area contributed by atoms with Gasteiger partial charge in [-0.15, -0.1) is 0 Å². The van der Waals surface area contributed by atoms with Crippen LogP contribution in [0.3, 0.4) is 0 Å². The first-order valence-electron chi connectivity index (χ1n) is 10.2. The second-order valence-electron chi connectivity index (χ2n) is 8.38. The Morgan fingerprint density at radius 2 is 1.91 bits per heavy atom. The number of aliphatic hydroxyl groups is 2. The lowest BCUT2D eigenvalue weighted by Gasteiger charge is -2.42. The van der Waals surface area contributed by atoms with E-state index >= 15 is 0 Å². The Hall–Kier alpha value is -2.58. The van der Waals surface area contributed by atoms with Crippen LogP contribution in [0.5, 0.6) is 5.75 Å². The van der Waals surface area contributed by atoms with Crippen molar-refractivity contribution >= 4 is 40.5 Å². The number of carbonyl (C=O) groups is 2. The summed E-state index contributed by atoms with van der Waals surface area (Å²) in [5.74, 6) is -1.61. The highest BCUT2D eigenvalue weighted by atomic mass is 127. The fourth-order valence-corrected chi connectivity index (χ4v) is 3.21. The van der Waals surface area contributed by atoms with Crippen molar-refractivity contribution in [3.05, 3.63) is 46.0 Å². The summed E-state index contributed by atoms with van der Waals surface area (Å²) in [6.45, 7) is 4.67. The molecule has 0 unspecified atom stereocenters. The molecule has 0 aromatic heterocycles. The van der Waals surface area contributed by atoms with Crippen molar-refractivity contribution in [2.24, 2.45) is 5.11 Å². The average molecular weight is 590 g/mol. The van der Waals surface area contributed by atoms with Gasteiger partial charge in [-0.1, -0.05) is 39.8 Å². The van der Waals surface area contributed by atoms with Gasteiger partial charge in [-0.05, 0) is 50.1 Å².